The quantitative estimate of drug-likeness (QED) is 0.394. The van der Waals surface area contributed by atoms with Gasteiger partial charge in [0.1, 0.15) is 6.04 Å². The average molecular weight is 195 g/mol. The number of thioether (sulfide) groups is 2. The van der Waals surface area contributed by atoms with Crippen molar-refractivity contribution in [1.29, 1.82) is 0 Å². The highest BCUT2D eigenvalue weighted by molar-refractivity contribution is 8.15. The molecular formula is C6H13NO2S2. The minimum absolute atomic E-state index is 0.335. The Morgan fingerprint density at radius 1 is 1.73 bits per heavy atom. The molecule has 0 saturated carbocycles. The SMILES string of the molecule is COC(=O)[C@@H](N)CSCSC. The highest BCUT2D eigenvalue weighted by Crippen LogP contribution is 2.09. The number of nitrogens with two attached hydrogens (primary N) is 1. The molecular weight excluding hydrogens is 182 g/mol. The molecule has 0 bridgehead atoms. The van der Waals surface area contributed by atoms with Crippen LogP contribution in [0.4, 0.5) is 0 Å². The molecule has 0 aromatic carbocycles. The smallest absolute Gasteiger partial charge is 0.323 e. The first-order chi connectivity index (χ1) is 5.22. The van der Waals surface area contributed by atoms with Crippen LogP contribution in [0.5, 0.6) is 0 Å². The van der Waals surface area contributed by atoms with Crippen molar-refractivity contribution in [1.82, 2.24) is 0 Å². The lowest BCUT2D eigenvalue weighted by atomic mass is 10.4. The van der Waals surface area contributed by atoms with Gasteiger partial charge in [0.25, 0.3) is 0 Å². The summed E-state index contributed by atoms with van der Waals surface area (Å²) in [5, 5.41) is 0.963. The molecule has 0 unspecified atom stereocenters. The van der Waals surface area contributed by atoms with Crippen LogP contribution in [0.1, 0.15) is 0 Å². The van der Waals surface area contributed by atoms with Crippen molar-refractivity contribution in [2.24, 2.45) is 5.73 Å². The Hall–Kier alpha value is 0.130. The number of methoxy groups -OCH3 is 1. The molecule has 0 radical (unpaired) electrons. The van der Waals surface area contributed by atoms with E-state index in [0.717, 1.165) is 5.08 Å². The molecule has 0 aromatic rings. The fraction of sp³-hybridized carbons (Fsp3) is 0.833. The third-order valence-electron chi connectivity index (χ3n) is 1.00. The van der Waals surface area contributed by atoms with Gasteiger partial charge in [-0.1, -0.05) is 0 Å². The van der Waals surface area contributed by atoms with Crippen molar-refractivity contribution < 1.29 is 9.53 Å². The predicted molar refractivity (Wildman–Crippen MR) is 50.8 cm³/mol. The summed E-state index contributed by atoms with van der Waals surface area (Å²) in [4.78, 5) is 10.7. The van der Waals surface area contributed by atoms with Crippen molar-refractivity contribution in [2.75, 3.05) is 24.2 Å². The van der Waals surface area contributed by atoms with Crippen LogP contribution in [0.15, 0.2) is 0 Å². The Labute approximate surface area is 75.4 Å². The van der Waals surface area contributed by atoms with Gasteiger partial charge in [0, 0.05) is 10.8 Å². The van der Waals surface area contributed by atoms with Crippen molar-refractivity contribution >= 4 is 29.5 Å². The van der Waals surface area contributed by atoms with Crippen molar-refractivity contribution in [3.63, 3.8) is 0 Å². The van der Waals surface area contributed by atoms with E-state index in [1.807, 2.05) is 6.26 Å². The van der Waals surface area contributed by atoms with Crippen LogP contribution < -0.4 is 5.73 Å². The van der Waals surface area contributed by atoms with Gasteiger partial charge in [0.05, 0.1) is 7.11 Å². The van der Waals surface area contributed by atoms with E-state index in [1.165, 1.54) is 7.11 Å². The van der Waals surface area contributed by atoms with Gasteiger partial charge in [-0.15, -0.1) is 11.8 Å². The van der Waals surface area contributed by atoms with E-state index in [0.29, 0.717) is 5.75 Å². The molecule has 0 heterocycles. The molecule has 0 spiro atoms. The fourth-order valence-electron chi connectivity index (χ4n) is 0.478. The van der Waals surface area contributed by atoms with E-state index in [-0.39, 0.29) is 5.97 Å². The fourth-order valence-corrected chi connectivity index (χ4v) is 1.92. The zero-order valence-electron chi connectivity index (χ0n) is 6.70. The number of carbonyl (C=O) groups is 1. The molecule has 0 aliphatic heterocycles. The second-order valence-corrected chi connectivity index (χ2v) is 4.17. The van der Waals surface area contributed by atoms with Gasteiger partial charge in [-0.25, -0.2) is 0 Å². The zero-order valence-corrected chi connectivity index (χ0v) is 8.33. The molecule has 11 heavy (non-hydrogen) atoms. The lowest BCUT2D eigenvalue weighted by molar-refractivity contribution is -0.141. The molecule has 1 atom stereocenters. The molecule has 5 heteroatoms. The van der Waals surface area contributed by atoms with Gasteiger partial charge in [0.15, 0.2) is 0 Å². The summed E-state index contributed by atoms with van der Waals surface area (Å²) in [6.45, 7) is 0. The largest absolute Gasteiger partial charge is 0.468 e. The van der Waals surface area contributed by atoms with Crippen LogP contribution in [0.3, 0.4) is 0 Å². The van der Waals surface area contributed by atoms with E-state index in [4.69, 9.17) is 5.73 Å². The molecule has 0 aliphatic carbocycles. The third-order valence-corrected chi connectivity index (χ3v) is 3.21. The number of esters is 1. The molecule has 0 saturated heterocycles. The maximum absolute atomic E-state index is 10.7. The summed E-state index contributed by atoms with van der Waals surface area (Å²) in [5.41, 5.74) is 5.46. The van der Waals surface area contributed by atoms with Crippen molar-refractivity contribution in [3.8, 4) is 0 Å². The first-order valence-corrected chi connectivity index (χ1v) is 5.67. The monoisotopic (exact) mass is 195 g/mol. The number of hydrogen-bond donors (Lipinski definition) is 1. The summed E-state index contributed by atoms with van der Waals surface area (Å²) < 4.78 is 4.46. The molecule has 2 N–H and O–H groups in total. The summed E-state index contributed by atoms with van der Waals surface area (Å²) in [6, 6.07) is -0.475. The molecule has 0 aliphatic rings. The van der Waals surface area contributed by atoms with Crippen LogP contribution in [0, 0.1) is 0 Å². The Kier molecular flexibility index (Phi) is 6.90. The zero-order chi connectivity index (χ0) is 8.69. The lowest BCUT2D eigenvalue weighted by Crippen LogP contribution is -2.33. The maximum atomic E-state index is 10.7. The van der Waals surface area contributed by atoms with Gasteiger partial charge in [-0.3, -0.25) is 4.79 Å². The Morgan fingerprint density at radius 2 is 2.36 bits per heavy atom. The Balaban J connectivity index is 3.36. The van der Waals surface area contributed by atoms with Gasteiger partial charge in [-0.05, 0) is 6.26 Å². The third kappa shape index (κ3) is 5.41. The summed E-state index contributed by atoms with van der Waals surface area (Å²) in [7, 11) is 1.35. The highest BCUT2D eigenvalue weighted by Gasteiger charge is 2.12. The average Bonchev–Trinajstić information content (AvgIpc) is 2.03. The van der Waals surface area contributed by atoms with Crippen LogP contribution in [0.25, 0.3) is 0 Å². The Bertz CT molecular complexity index is 121. The number of hydrogen-bond acceptors (Lipinski definition) is 5. The summed E-state index contributed by atoms with van der Waals surface area (Å²) in [5.74, 6) is 0.298. The van der Waals surface area contributed by atoms with Crippen LogP contribution in [-0.2, 0) is 9.53 Å². The van der Waals surface area contributed by atoms with Crippen LogP contribution >= 0.6 is 23.5 Å². The molecule has 0 aromatic heterocycles. The summed E-state index contributed by atoms with van der Waals surface area (Å²) >= 11 is 3.36. The van der Waals surface area contributed by atoms with E-state index >= 15 is 0 Å². The minimum Gasteiger partial charge on any atom is -0.468 e. The van der Waals surface area contributed by atoms with Gasteiger partial charge >= 0.3 is 5.97 Å². The van der Waals surface area contributed by atoms with E-state index in [9.17, 15) is 4.79 Å². The predicted octanol–water partition coefficient (Wildman–Crippen LogP) is 0.540. The topological polar surface area (TPSA) is 52.3 Å². The van der Waals surface area contributed by atoms with Gasteiger partial charge in [0.2, 0.25) is 0 Å². The van der Waals surface area contributed by atoms with Gasteiger partial charge < -0.3 is 10.5 Å². The molecule has 66 valence electrons. The molecule has 0 fully saturated rings. The van der Waals surface area contributed by atoms with E-state index < -0.39 is 6.04 Å². The number of carbonyl (C=O) groups excluding carboxylic acids is 1. The minimum atomic E-state index is -0.475. The second kappa shape index (κ2) is 6.82. The molecule has 0 amide bonds. The Morgan fingerprint density at radius 3 is 2.82 bits per heavy atom. The normalized spacial score (nSPS) is 12.6. The first-order valence-electron chi connectivity index (χ1n) is 3.12. The lowest BCUT2D eigenvalue weighted by Gasteiger charge is -2.07. The van der Waals surface area contributed by atoms with E-state index in [2.05, 4.69) is 4.74 Å². The van der Waals surface area contributed by atoms with Crippen molar-refractivity contribution in [3.05, 3.63) is 0 Å². The highest BCUT2D eigenvalue weighted by atomic mass is 32.2. The van der Waals surface area contributed by atoms with Crippen LogP contribution in [0.2, 0.25) is 0 Å². The molecule has 3 nitrogen and oxygen atoms in total. The number of rotatable bonds is 5. The maximum Gasteiger partial charge on any atom is 0.323 e. The first kappa shape index (κ1) is 11.1. The van der Waals surface area contributed by atoms with Crippen LogP contribution in [-0.4, -0.2) is 36.2 Å². The van der Waals surface area contributed by atoms with Crippen molar-refractivity contribution in [2.45, 2.75) is 6.04 Å². The van der Waals surface area contributed by atoms with E-state index in [1.54, 1.807) is 23.5 Å². The second-order valence-electron chi connectivity index (χ2n) is 1.91. The summed E-state index contributed by atoms with van der Waals surface area (Å²) in [6.07, 6.45) is 2.01. The standard InChI is InChI=1S/C6H13NO2S2/c1-9-6(8)5(7)3-11-4-10-2/h5H,3-4,7H2,1-2H3/t5-/m0/s1. The molecule has 0 rings (SSSR count). The number of ether oxygens (including phenoxy) is 1. The van der Waals surface area contributed by atoms with Gasteiger partial charge in [-0.2, -0.15) is 11.8 Å².